The van der Waals surface area contributed by atoms with E-state index in [-0.39, 0.29) is 5.60 Å². The minimum absolute atomic E-state index is 0.286. The van der Waals surface area contributed by atoms with Crippen molar-refractivity contribution in [1.29, 1.82) is 0 Å². The van der Waals surface area contributed by atoms with Gasteiger partial charge in [0.25, 0.3) is 0 Å². The van der Waals surface area contributed by atoms with Gasteiger partial charge >= 0.3 is 0 Å². The van der Waals surface area contributed by atoms with Crippen LogP contribution in [0.4, 0.5) is 0 Å². The summed E-state index contributed by atoms with van der Waals surface area (Å²) in [5, 5.41) is 3.58. The second kappa shape index (κ2) is 5.27. The number of hydrogen-bond acceptors (Lipinski definition) is 2. The van der Waals surface area contributed by atoms with Crippen molar-refractivity contribution in [3.8, 4) is 0 Å². The van der Waals surface area contributed by atoms with Crippen LogP contribution in [0, 0.1) is 17.8 Å². The fourth-order valence-electron chi connectivity index (χ4n) is 3.63. The summed E-state index contributed by atoms with van der Waals surface area (Å²) in [6.07, 6.45) is 6.50. The van der Waals surface area contributed by atoms with E-state index in [0.29, 0.717) is 6.04 Å². The molecule has 0 aromatic rings. The standard InChI is InChI=1S/C15H29NO/c1-11(2)12(3)14(16-4)13-6-9-17-15(10-13)7-5-8-15/h11-14,16H,5-10H2,1-4H3. The molecule has 2 heteroatoms. The molecule has 2 fully saturated rings. The molecule has 2 aliphatic rings. The van der Waals surface area contributed by atoms with Crippen molar-refractivity contribution in [2.45, 2.75) is 64.5 Å². The molecule has 0 amide bonds. The molecule has 17 heavy (non-hydrogen) atoms. The van der Waals surface area contributed by atoms with Gasteiger partial charge in [-0.1, -0.05) is 20.8 Å². The van der Waals surface area contributed by atoms with Crippen molar-refractivity contribution in [2.24, 2.45) is 17.8 Å². The van der Waals surface area contributed by atoms with Crippen LogP contribution in [0.25, 0.3) is 0 Å². The lowest BCUT2D eigenvalue weighted by Gasteiger charge is -2.49. The maximum Gasteiger partial charge on any atom is 0.0685 e. The Balaban J connectivity index is 1.99. The van der Waals surface area contributed by atoms with E-state index in [1.807, 2.05) is 0 Å². The number of ether oxygens (including phenoxy) is 1. The number of rotatable bonds is 4. The average Bonchev–Trinajstić information content (AvgIpc) is 2.28. The van der Waals surface area contributed by atoms with Crippen LogP contribution >= 0.6 is 0 Å². The quantitative estimate of drug-likeness (QED) is 0.813. The molecular formula is C15H29NO. The van der Waals surface area contributed by atoms with E-state index in [1.54, 1.807) is 0 Å². The molecule has 0 radical (unpaired) electrons. The van der Waals surface area contributed by atoms with Gasteiger partial charge in [-0.15, -0.1) is 0 Å². The molecule has 3 unspecified atom stereocenters. The molecule has 1 spiro atoms. The summed E-state index contributed by atoms with van der Waals surface area (Å²) in [4.78, 5) is 0. The highest BCUT2D eigenvalue weighted by Crippen LogP contribution is 2.45. The molecular weight excluding hydrogens is 210 g/mol. The topological polar surface area (TPSA) is 21.3 Å². The van der Waals surface area contributed by atoms with E-state index < -0.39 is 0 Å². The Morgan fingerprint density at radius 1 is 1.24 bits per heavy atom. The Morgan fingerprint density at radius 2 is 1.94 bits per heavy atom. The lowest BCUT2D eigenvalue weighted by Crippen LogP contribution is -2.51. The maximum atomic E-state index is 6.04. The fraction of sp³-hybridized carbons (Fsp3) is 1.00. The molecule has 1 saturated heterocycles. The summed E-state index contributed by atoms with van der Waals surface area (Å²) in [5.74, 6) is 2.32. The highest BCUT2D eigenvalue weighted by molar-refractivity contribution is 4.97. The number of hydrogen-bond donors (Lipinski definition) is 1. The molecule has 1 saturated carbocycles. The van der Waals surface area contributed by atoms with Crippen molar-refractivity contribution < 1.29 is 4.74 Å². The summed E-state index contributed by atoms with van der Waals surface area (Å²) in [5.41, 5.74) is 0.286. The molecule has 0 aromatic carbocycles. The van der Waals surface area contributed by atoms with Crippen LogP contribution in [0.15, 0.2) is 0 Å². The van der Waals surface area contributed by atoms with E-state index in [4.69, 9.17) is 4.74 Å². The Labute approximate surface area is 107 Å². The molecule has 1 aliphatic heterocycles. The molecule has 2 nitrogen and oxygen atoms in total. The average molecular weight is 239 g/mol. The highest BCUT2D eigenvalue weighted by atomic mass is 16.5. The smallest absolute Gasteiger partial charge is 0.0685 e. The van der Waals surface area contributed by atoms with Gasteiger partial charge in [0.15, 0.2) is 0 Å². The largest absolute Gasteiger partial charge is 0.375 e. The van der Waals surface area contributed by atoms with Gasteiger partial charge in [-0.05, 0) is 56.9 Å². The third kappa shape index (κ3) is 2.68. The molecule has 1 N–H and O–H groups in total. The predicted molar refractivity (Wildman–Crippen MR) is 72.1 cm³/mol. The lowest BCUT2D eigenvalue weighted by molar-refractivity contribution is -0.149. The van der Waals surface area contributed by atoms with Crippen LogP contribution in [0.5, 0.6) is 0 Å². The van der Waals surface area contributed by atoms with E-state index in [2.05, 4.69) is 33.1 Å². The zero-order valence-electron chi connectivity index (χ0n) is 12.0. The third-order valence-electron chi connectivity index (χ3n) is 5.26. The van der Waals surface area contributed by atoms with E-state index in [0.717, 1.165) is 24.4 Å². The minimum atomic E-state index is 0.286. The molecule has 1 heterocycles. The summed E-state index contributed by atoms with van der Waals surface area (Å²) < 4.78 is 6.04. The van der Waals surface area contributed by atoms with Crippen LogP contribution in [0.2, 0.25) is 0 Å². The zero-order valence-corrected chi connectivity index (χ0v) is 12.0. The molecule has 0 aromatic heterocycles. The minimum Gasteiger partial charge on any atom is -0.375 e. The normalized spacial score (nSPS) is 31.2. The number of nitrogens with one attached hydrogen (secondary N) is 1. The Bertz CT molecular complexity index is 247. The first-order valence-corrected chi connectivity index (χ1v) is 7.39. The monoisotopic (exact) mass is 239 g/mol. The van der Waals surface area contributed by atoms with Crippen molar-refractivity contribution in [3.63, 3.8) is 0 Å². The van der Waals surface area contributed by atoms with Crippen LogP contribution in [0.1, 0.15) is 52.9 Å². The molecule has 1 aliphatic carbocycles. The van der Waals surface area contributed by atoms with Crippen LogP contribution in [0.3, 0.4) is 0 Å². The molecule has 2 rings (SSSR count). The Kier molecular flexibility index (Phi) is 4.14. The highest BCUT2D eigenvalue weighted by Gasteiger charge is 2.44. The van der Waals surface area contributed by atoms with Gasteiger partial charge in [0.1, 0.15) is 0 Å². The van der Waals surface area contributed by atoms with Gasteiger partial charge in [-0.2, -0.15) is 0 Å². The summed E-state index contributed by atoms with van der Waals surface area (Å²) in [7, 11) is 2.13. The molecule has 100 valence electrons. The van der Waals surface area contributed by atoms with Crippen molar-refractivity contribution in [3.05, 3.63) is 0 Å². The fourth-order valence-corrected chi connectivity index (χ4v) is 3.63. The summed E-state index contributed by atoms with van der Waals surface area (Å²) >= 11 is 0. The van der Waals surface area contributed by atoms with Crippen molar-refractivity contribution >= 4 is 0 Å². The van der Waals surface area contributed by atoms with Crippen LogP contribution in [-0.2, 0) is 4.74 Å². The Hall–Kier alpha value is -0.0800. The zero-order chi connectivity index (χ0) is 12.5. The van der Waals surface area contributed by atoms with Gasteiger partial charge in [-0.3, -0.25) is 0 Å². The molecule has 3 atom stereocenters. The van der Waals surface area contributed by atoms with Crippen LogP contribution in [-0.4, -0.2) is 25.3 Å². The third-order valence-corrected chi connectivity index (χ3v) is 5.26. The first-order valence-electron chi connectivity index (χ1n) is 7.39. The van der Waals surface area contributed by atoms with Crippen molar-refractivity contribution in [1.82, 2.24) is 5.32 Å². The SMILES string of the molecule is CNC(C1CCOC2(CCC2)C1)C(C)C(C)C. The lowest BCUT2D eigenvalue weighted by atomic mass is 9.68. The van der Waals surface area contributed by atoms with Crippen LogP contribution < -0.4 is 5.32 Å². The summed E-state index contributed by atoms with van der Waals surface area (Å²) in [6, 6.07) is 0.663. The maximum absolute atomic E-state index is 6.04. The van der Waals surface area contributed by atoms with Gasteiger partial charge in [0.2, 0.25) is 0 Å². The summed E-state index contributed by atoms with van der Waals surface area (Å²) in [6.45, 7) is 8.06. The second-order valence-corrected chi connectivity index (χ2v) is 6.56. The van der Waals surface area contributed by atoms with Gasteiger partial charge < -0.3 is 10.1 Å². The first-order chi connectivity index (χ1) is 8.08. The van der Waals surface area contributed by atoms with E-state index in [1.165, 1.54) is 32.1 Å². The Morgan fingerprint density at radius 3 is 2.41 bits per heavy atom. The second-order valence-electron chi connectivity index (χ2n) is 6.56. The first kappa shape index (κ1) is 13.4. The van der Waals surface area contributed by atoms with E-state index in [9.17, 15) is 0 Å². The van der Waals surface area contributed by atoms with Gasteiger partial charge in [-0.25, -0.2) is 0 Å². The van der Waals surface area contributed by atoms with E-state index >= 15 is 0 Å². The molecule has 0 bridgehead atoms. The van der Waals surface area contributed by atoms with Gasteiger partial charge in [0, 0.05) is 12.6 Å². The van der Waals surface area contributed by atoms with Crippen molar-refractivity contribution in [2.75, 3.05) is 13.7 Å². The van der Waals surface area contributed by atoms with Gasteiger partial charge in [0.05, 0.1) is 5.60 Å². The predicted octanol–water partition coefficient (Wildman–Crippen LogP) is 3.22.